The molecule has 0 heterocycles. The van der Waals surface area contributed by atoms with Crippen LogP contribution in [0.15, 0.2) is 42.5 Å². The Kier molecular flexibility index (Phi) is 5.68. The number of amides is 2. The van der Waals surface area contributed by atoms with Crippen LogP contribution >= 0.6 is 0 Å². The molecular formula is C18H18N2O4. The summed E-state index contributed by atoms with van der Waals surface area (Å²) in [6.45, 7) is 3.61. The molecule has 0 aliphatic carbocycles. The average Bonchev–Trinajstić information content (AvgIpc) is 2.60. The van der Waals surface area contributed by atoms with Gasteiger partial charge in [-0.15, -0.1) is 0 Å². The van der Waals surface area contributed by atoms with Crippen molar-refractivity contribution in [3.63, 3.8) is 0 Å². The highest BCUT2D eigenvalue weighted by molar-refractivity contribution is 5.96. The van der Waals surface area contributed by atoms with Crippen LogP contribution in [-0.2, 0) is 4.79 Å². The molecule has 0 unspecified atom stereocenters. The lowest BCUT2D eigenvalue weighted by molar-refractivity contribution is -0.123. The molecule has 2 N–H and O–H groups in total. The van der Waals surface area contributed by atoms with Crippen LogP contribution in [0.4, 0.5) is 0 Å². The number of nitrogens with one attached hydrogen (secondary N) is 2. The largest absolute Gasteiger partial charge is 0.483 e. The zero-order valence-corrected chi connectivity index (χ0v) is 13.5. The van der Waals surface area contributed by atoms with Gasteiger partial charge in [-0.25, -0.2) is 0 Å². The SMILES string of the molecule is Cc1ccc(C)c(OCC(=O)NNC(=O)c2ccc(C=O)cc2)c1. The van der Waals surface area contributed by atoms with Gasteiger partial charge >= 0.3 is 0 Å². The van der Waals surface area contributed by atoms with E-state index in [0.29, 0.717) is 23.2 Å². The molecule has 2 amide bonds. The number of benzene rings is 2. The maximum atomic E-state index is 11.9. The maximum Gasteiger partial charge on any atom is 0.276 e. The number of hydrogen-bond donors (Lipinski definition) is 2. The minimum absolute atomic E-state index is 0.214. The first-order valence-corrected chi connectivity index (χ1v) is 7.34. The molecule has 6 heteroatoms. The molecular weight excluding hydrogens is 308 g/mol. The van der Waals surface area contributed by atoms with Gasteiger partial charge in [-0.2, -0.15) is 0 Å². The van der Waals surface area contributed by atoms with Crippen molar-refractivity contribution in [2.75, 3.05) is 6.61 Å². The predicted octanol–water partition coefficient (Wildman–Crippen LogP) is 1.96. The fourth-order valence-corrected chi connectivity index (χ4v) is 1.95. The van der Waals surface area contributed by atoms with Crippen LogP contribution in [0.25, 0.3) is 0 Å². The Morgan fingerprint density at radius 1 is 1.04 bits per heavy atom. The second-order valence-corrected chi connectivity index (χ2v) is 5.30. The Hall–Kier alpha value is -3.15. The van der Waals surface area contributed by atoms with Crippen LogP contribution in [-0.4, -0.2) is 24.7 Å². The molecule has 0 atom stereocenters. The first-order valence-electron chi connectivity index (χ1n) is 7.34. The van der Waals surface area contributed by atoms with Crippen molar-refractivity contribution in [1.82, 2.24) is 10.9 Å². The van der Waals surface area contributed by atoms with Crippen LogP contribution in [0.5, 0.6) is 5.75 Å². The minimum Gasteiger partial charge on any atom is -0.483 e. The van der Waals surface area contributed by atoms with Crippen molar-refractivity contribution in [2.45, 2.75) is 13.8 Å². The van der Waals surface area contributed by atoms with E-state index in [2.05, 4.69) is 10.9 Å². The normalized spacial score (nSPS) is 9.92. The molecule has 0 aliphatic heterocycles. The lowest BCUT2D eigenvalue weighted by Gasteiger charge is -2.11. The molecule has 0 aliphatic rings. The van der Waals surface area contributed by atoms with Gasteiger partial charge in [-0.05, 0) is 43.2 Å². The molecule has 2 aromatic carbocycles. The Labute approximate surface area is 139 Å². The molecule has 0 saturated heterocycles. The summed E-state index contributed by atoms with van der Waals surface area (Å²) in [5.41, 5.74) is 7.33. The van der Waals surface area contributed by atoms with Gasteiger partial charge in [-0.1, -0.05) is 24.3 Å². The third-order valence-electron chi connectivity index (χ3n) is 3.33. The zero-order chi connectivity index (χ0) is 17.5. The molecule has 0 bridgehead atoms. The second-order valence-electron chi connectivity index (χ2n) is 5.30. The van der Waals surface area contributed by atoms with Gasteiger partial charge in [0.05, 0.1) is 0 Å². The summed E-state index contributed by atoms with van der Waals surface area (Å²) in [5.74, 6) is -0.331. The van der Waals surface area contributed by atoms with Crippen LogP contribution in [0.1, 0.15) is 31.8 Å². The quantitative estimate of drug-likeness (QED) is 0.650. The van der Waals surface area contributed by atoms with Gasteiger partial charge in [-0.3, -0.25) is 25.2 Å². The number of hydrazine groups is 1. The number of rotatable bonds is 5. The Balaban J connectivity index is 1.83. The summed E-state index contributed by atoms with van der Waals surface area (Å²) in [6.07, 6.45) is 0.689. The van der Waals surface area contributed by atoms with E-state index in [1.807, 2.05) is 32.0 Å². The van der Waals surface area contributed by atoms with Crippen molar-refractivity contribution in [2.24, 2.45) is 0 Å². The van der Waals surface area contributed by atoms with E-state index in [0.717, 1.165) is 11.1 Å². The van der Waals surface area contributed by atoms with E-state index >= 15 is 0 Å². The fraction of sp³-hybridized carbons (Fsp3) is 0.167. The van der Waals surface area contributed by atoms with E-state index < -0.39 is 11.8 Å². The Morgan fingerprint density at radius 2 is 1.75 bits per heavy atom. The van der Waals surface area contributed by atoms with Crippen molar-refractivity contribution in [3.05, 3.63) is 64.7 Å². The Bertz CT molecular complexity index is 754. The number of aryl methyl sites for hydroxylation is 2. The van der Waals surface area contributed by atoms with E-state index in [9.17, 15) is 14.4 Å². The molecule has 0 spiro atoms. The summed E-state index contributed by atoms with van der Waals surface area (Å²) >= 11 is 0. The van der Waals surface area contributed by atoms with Gasteiger partial charge in [0.25, 0.3) is 11.8 Å². The Morgan fingerprint density at radius 3 is 2.42 bits per heavy atom. The van der Waals surface area contributed by atoms with Crippen molar-refractivity contribution >= 4 is 18.1 Å². The van der Waals surface area contributed by atoms with E-state index in [1.54, 1.807) is 0 Å². The van der Waals surface area contributed by atoms with Crippen LogP contribution in [0, 0.1) is 13.8 Å². The third kappa shape index (κ3) is 4.67. The van der Waals surface area contributed by atoms with Crippen LogP contribution in [0.3, 0.4) is 0 Å². The average molecular weight is 326 g/mol. The van der Waals surface area contributed by atoms with E-state index in [-0.39, 0.29) is 6.61 Å². The van der Waals surface area contributed by atoms with E-state index in [1.165, 1.54) is 24.3 Å². The highest BCUT2D eigenvalue weighted by Gasteiger charge is 2.09. The summed E-state index contributed by atoms with van der Waals surface area (Å²) in [7, 11) is 0. The lowest BCUT2D eigenvalue weighted by Crippen LogP contribution is -2.43. The monoisotopic (exact) mass is 326 g/mol. The van der Waals surface area contributed by atoms with Gasteiger partial charge < -0.3 is 4.74 Å². The summed E-state index contributed by atoms with van der Waals surface area (Å²) in [5, 5.41) is 0. The molecule has 0 radical (unpaired) electrons. The topological polar surface area (TPSA) is 84.5 Å². The molecule has 6 nitrogen and oxygen atoms in total. The standard InChI is InChI=1S/C18H18N2O4/c1-12-3-4-13(2)16(9-12)24-11-17(22)19-20-18(23)15-7-5-14(10-21)6-8-15/h3-10H,11H2,1-2H3,(H,19,22)(H,20,23). The van der Waals surface area contributed by atoms with Gasteiger partial charge in [0, 0.05) is 11.1 Å². The molecule has 2 rings (SSSR count). The molecule has 0 fully saturated rings. The molecule has 24 heavy (non-hydrogen) atoms. The smallest absolute Gasteiger partial charge is 0.276 e. The molecule has 0 aromatic heterocycles. The second kappa shape index (κ2) is 7.92. The van der Waals surface area contributed by atoms with Crippen molar-refractivity contribution in [3.8, 4) is 5.75 Å². The summed E-state index contributed by atoms with van der Waals surface area (Å²) < 4.78 is 5.45. The zero-order valence-electron chi connectivity index (χ0n) is 13.5. The first-order chi connectivity index (χ1) is 11.5. The highest BCUT2D eigenvalue weighted by Crippen LogP contribution is 2.18. The van der Waals surface area contributed by atoms with E-state index in [4.69, 9.17) is 4.74 Å². The number of carbonyl (C=O) groups excluding carboxylic acids is 3. The van der Waals surface area contributed by atoms with Crippen LogP contribution in [0.2, 0.25) is 0 Å². The molecule has 2 aromatic rings. The predicted molar refractivity (Wildman–Crippen MR) is 88.8 cm³/mol. The van der Waals surface area contributed by atoms with Gasteiger partial charge in [0.15, 0.2) is 6.61 Å². The lowest BCUT2D eigenvalue weighted by atomic mass is 10.1. The molecule has 0 saturated carbocycles. The van der Waals surface area contributed by atoms with Crippen molar-refractivity contribution < 1.29 is 19.1 Å². The summed E-state index contributed by atoms with van der Waals surface area (Å²) in [4.78, 5) is 34.2. The van der Waals surface area contributed by atoms with Gasteiger partial charge in [0.1, 0.15) is 12.0 Å². The first kappa shape index (κ1) is 17.2. The fourth-order valence-electron chi connectivity index (χ4n) is 1.95. The highest BCUT2D eigenvalue weighted by atomic mass is 16.5. The minimum atomic E-state index is -0.479. The maximum absolute atomic E-state index is 11.9. The molecule has 124 valence electrons. The number of hydrogen-bond acceptors (Lipinski definition) is 4. The number of carbonyl (C=O) groups is 3. The van der Waals surface area contributed by atoms with Gasteiger partial charge in [0.2, 0.25) is 0 Å². The number of aldehydes is 1. The van der Waals surface area contributed by atoms with Crippen molar-refractivity contribution in [1.29, 1.82) is 0 Å². The third-order valence-corrected chi connectivity index (χ3v) is 3.33. The number of ether oxygens (including phenoxy) is 1. The van der Waals surface area contributed by atoms with Crippen LogP contribution < -0.4 is 15.6 Å². The summed E-state index contributed by atoms with van der Waals surface area (Å²) in [6, 6.07) is 11.7.